The van der Waals surface area contributed by atoms with Gasteiger partial charge in [0.1, 0.15) is 0 Å². The number of nitrogens with one attached hydrogen (secondary N) is 2. The Kier molecular flexibility index (Phi) is 5.84. The van der Waals surface area contributed by atoms with Crippen LogP contribution in [0, 0.1) is 0 Å². The summed E-state index contributed by atoms with van der Waals surface area (Å²) in [4.78, 5) is 35.9. The first-order chi connectivity index (χ1) is 13.4. The average molecular weight is 379 g/mol. The zero-order valence-corrected chi connectivity index (χ0v) is 15.7. The van der Waals surface area contributed by atoms with Crippen molar-refractivity contribution >= 4 is 28.3 Å². The summed E-state index contributed by atoms with van der Waals surface area (Å²) in [7, 11) is 0. The molecule has 0 atom stereocenters. The molecule has 0 aliphatic carbocycles. The van der Waals surface area contributed by atoms with Gasteiger partial charge < -0.3 is 10.1 Å². The number of hydrogen-bond donors (Lipinski definition) is 2. The third-order valence-corrected chi connectivity index (χ3v) is 4.31. The van der Waals surface area contributed by atoms with Gasteiger partial charge in [-0.15, -0.1) is 0 Å². The van der Waals surface area contributed by atoms with E-state index in [-0.39, 0.29) is 12.0 Å². The van der Waals surface area contributed by atoms with E-state index in [0.717, 1.165) is 0 Å². The standard InChI is InChI=1S/C21H21N3O4/c1-13(2)14-7-9-15(10-8-14)22-19(25)12-28-20(26)11-18-16-5-3-4-6-17(16)21(27)24-23-18/h3-10,13H,11-12H2,1-2H3,(H,22,25)(H,24,27). The van der Waals surface area contributed by atoms with Crippen LogP contribution in [0.15, 0.2) is 53.3 Å². The number of benzene rings is 2. The lowest BCUT2D eigenvalue weighted by atomic mass is 10.0. The van der Waals surface area contributed by atoms with E-state index in [1.54, 1.807) is 24.3 Å². The number of anilines is 1. The normalized spacial score (nSPS) is 10.8. The molecule has 0 unspecified atom stereocenters. The molecule has 3 aromatic rings. The number of hydrogen-bond acceptors (Lipinski definition) is 5. The molecule has 0 saturated heterocycles. The first-order valence-electron chi connectivity index (χ1n) is 8.96. The minimum atomic E-state index is -0.602. The van der Waals surface area contributed by atoms with Crippen LogP contribution >= 0.6 is 0 Å². The summed E-state index contributed by atoms with van der Waals surface area (Å²) in [5.41, 5.74) is 1.88. The Hall–Kier alpha value is -3.48. The molecular formula is C21H21N3O4. The Labute approximate surface area is 161 Å². The van der Waals surface area contributed by atoms with Crippen LogP contribution in [0.1, 0.15) is 31.0 Å². The van der Waals surface area contributed by atoms with Gasteiger partial charge in [0, 0.05) is 11.1 Å². The summed E-state index contributed by atoms with van der Waals surface area (Å²) in [5.74, 6) is -0.622. The van der Waals surface area contributed by atoms with Crippen molar-refractivity contribution < 1.29 is 14.3 Å². The second kappa shape index (κ2) is 8.47. The Bertz CT molecular complexity index is 1060. The fourth-order valence-electron chi connectivity index (χ4n) is 2.79. The maximum Gasteiger partial charge on any atom is 0.312 e. The van der Waals surface area contributed by atoms with Crippen molar-refractivity contribution in [2.24, 2.45) is 0 Å². The van der Waals surface area contributed by atoms with E-state index in [1.165, 1.54) is 5.56 Å². The van der Waals surface area contributed by atoms with Crippen LogP contribution in [-0.2, 0) is 20.7 Å². The van der Waals surface area contributed by atoms with Gasteiger partial charge in [0.25, 0.3) is 11.5 Å². The number of nitrogens with zero attached hydrogens (tertiary/aromatic N) is 1. The Morgan fingerprint density at radius 1 is 1.07 bits per heavy atom. The Balaban J connectivity index is 1.56. The van der Waals surface area contributed by atoms with Crippen molar-refractivity contribution in [1.82, 2.24) is 10.2 Å². The molecule has 0 bridgehead atoms. The second-order valence-corrected chi connectivity index (χ2v) is 6.71. The highest BCUT2D eigenvalue weighted by Gasteiger charge is 2.13. The van der Waals surface area contributed by atoms with Crippen molar-refractivity contribution in [3.63, 3.8) is 0 Å². The van der Waals surface area contributed by atoms with Crippen molar-refractivity contribution in [1.29, 1.82) is 0 Å². The highest BCUT2D eigenvalue weighted by molar-refractivity contribution is 5.93. The predicted octanol–water partition coefficient (Wildman–Crippen LogP) is 2.77. The molecule has 2 N–H and O–H groups in total. The zero-order chi connectivity index (χ0) is 20.1. The molecule has 0 spiro atoms. The molecule has 1 heterocycles. The van der Waals surface area contributed by atoms with Crippen molar-refractivity contribution in [2.75, 3.05) is 11.9 Å². The molecule has 0 fully saturated rings. The largest absolute Gasteiger partial charge is 0.455 e. The molecule has 28 heavy (non-hydrogen) atoms. The van der Waals surface area contributed by atoms with Gasteiger partial charge in [0.2, 0.25) is 0 Å². The van der Waals surface area contributed by atoms with Gasteiger partial charge in [-0.1, -0.05) is 44.2 Å². The molecule has 7 heteroatoms. The van der Waals surface area contributed by atoms with Gasteiger partial charge in [0.05, 0.1) is 17.5 Å². The van der Waals surface area contributed by atoms with Gasteiger partial charge >= 0.3 is 5.97 Å². The minimum absolute atomic E-state index is 0.145. The number of carbonyl (C=O) groups excluding carboxylic acids is 2. The number of aromatic amines is 1. The average Bonchev–Trinajstić information content (AvgIpc) is 2.69. The third kappa shape index (κ3) is 4.62. The Morgan fingerprint density at radius 2 is 1.75 bits per heavy atom. The molecule has 0 aliphatic heterocycles. The molecule has 3 rings (SSSR count). The molecule has 2 aromatic carbocycles. The summed E-state index contributed by atoms with van der Waals surface area (Å²) in [6, 6.07) is 14.4. The molecule has 7 nitrogen and oxygen atoms in total. The second-order valence-electron chi connectivity index (χ2n) is 6.71. The van der Waals surface area contributed by atoms with Gasteiger partial charge in [-0.05, 0) is 29.7 Å². The molecule has 0 saturated carbocycles. The van der Waals surface area contributed by atoms with E-state index in [9.17, 15) is 14.4 Å². The van der Waals surface area contributed by atoms with Crippen LogP contribution in [0.4, 0.5) is 5.69 Å². The summed E-state index contributed by atoms with van der Waals surface area (Å²) in [6.45, 7) is 3.78. The highest BCUT2D eigenvalue weighted by atomic mass is 16.5. The maximum absolute atomic E-state index is 12.1. The number of amides is 1. The summed E-state index contributed by atoms with van der Waals surface area (Å²) in [5, 5.41) is 10.0. The molecular weight excluding hydrogens is 358 g/mol. The number of esters is 1. The van der Waals surface area contributed by atoms with Crippen LogP contribution in [-0.4, -0.2) is 28.7 Å². The Morgan fingerprint density at radius 3 is 2.43 bits per heavy atom. The topological polar surface area (TPSA) is 101 Å². The van der Waals surface area contributed by atoms with E-state index in [1.807, 2.05) is 24.3 Å². The fourth-order valence-corrected chi connectivity index (χ4v) is 2.79. The smallest absolute Gasteiger partial charge is 0.312 e. The lowest BCUT2D eigenvalue weighted by Gasteiger charge is -2.09. The SMILES string of the molecule is CC(C)c1ccc(NC(=O)COC(=O)Cc2n[nH]c(=O)c3ccccc23)cc1. The molecule has 0 aliphatic rings. The fraction of sp³-hybridized carbons (Fsp3) is 0.238. The molecule has 0 radical (unpaired) electrons. The predicted molar refractivity (Wildman–Crippen MR) is 106 cm³/mol. The number of ether oxygens (including phenoxy) is 1. The molecule has 1 amide bonds. The molecule has 1 aromatic heterocycles. The summed E-state index contributed by atoms with van der Waals surface area (Å²) >= 11 is 0. The molecule has 144 valence electrons. The number of rotatable bonds is 6. The third-order valence-electron chi connectivity index (χ3n) is 4.31. The van der Waals surface area contributed by atoms with Crippen LogP contribution in [0.3, 0.4) is 0 Å². The number of carbonyl (C=O) groups is 2. The van der Waals surface area contributed by atoms with Crippen LogP contribution in [0.2, 0.25) is 0 Å². The van der Waals surface area contributed by atoms with E-state index in [2.05, 4.69) is 29.4 Å². The van der Waals surface area contributed by atoms with Gasteiger partial charge in [-0.3, -0.25) is 14.4 Å². The van der Waals surface area contributed by atoms with Crippen molar-refractivity contribution in [3.05, 3.63) is 70.1 Å². The maximum atomic E-state index is 12.1. The lowest BCUT2D eigenvalue weighted by molar-refractivity contribution is -0.146. The number of H-pyrrole nitrogens is 1. The van der Waals surface area contributed by atoms with Crippen LogP contribution in [0.25, 0.3) is 10.8 Å². The number of aromatic nitrogens is 2. The summed E-state index contributed by atoms with van der Waals surface area (Å²) in [6.07, 6.45) is -0.145. The van der Waals surface area contributed by atoms with Gasteiger partial charge in [0.15, 0.2) is 6.61 Å². The number of fused-ring (bicyclic) bond motifs is 1. The van der Waals surface area contributed by atoms with E-state index >= 15 is 0 Å². The quantitative estimate of drug-likeness (QED) is 0.642. The lowest BCUT2D eigenvalue weighted by Crippen LogP contribution is -2.22. The highest BCUT2D eigenvalue weighted by Crippen LogP contribution is 2.17. The van der Waals surface area contributed by atoms with Gasteiger partial charge in [-0.25, -0.2) is 5.10 Å². The monoisotopic (exact) mass is 379 g/mol. The van der Waals surface area contributed by atoms with E-state index in [0.29, 0.717) is 28.1 Å². The minimum Gasteiger partial charge on any atom is -0.455 e. The van der Waals surface area contributed by atoms with Crippen LogP contribution < -0.4 is 10.9 Å². The van der Waals surface area contributed by atoms with E-state index in [4.69, 9.17) is 4.74 Å². The summed E-state index contributed by atoms with van der Waals surface area (Å²) < 4.78 is 5.04. The van der Waals surface area contributed by atoms with Crippen LogP contribution in [0.5, 0.6) is 0 Å². The van der Waals surface area contributed by atoms with Crippen molar-refractivity contribution in [2.45, 2.75) is 26.2 Å². The zero-order valence-electron chi connectivity index (χ0n) is 15.7. The van der Waals surface area contributed by atoms with E-state index < -0.39 is 18.5 Å². The van der Waals surface area contributed by atoms with Crippen molar-refractivity contribution in [3.8, 4) is 0 Å². The first-order valence-corrected chi connectivity index (χ1v) is 8.96. The first kappa shape index (κ1) is 19.3. The van der Waals surface area contributed by atoms with Gasteiger partial charge in [-0.2, -0.15) is 5.10 Å².